The van der Waals surface area contributed by atoms with Crippen LogP contribution in [0.4, 0.5) is 5.69 Å². The monoisotopic (exact) mass is 356 g/mol. The van der Waals surface area contributed by atoms with Crippen LogP contribution < -0.4 is 10.6 Å². The molecule has 0 bridgehead atoms. The average molecular weight is 357 g/mol. The van der Waals surface area contributed by atoms with Crippen molar-refractivity contribution in [1.82, 2.24) is 10.2 Å². The molecule has 142 valence electrons. The zero-order valence-electron chi connectivity index (χ0n) is 16.2. The van der Waals surface area contributed by atoms with E-state index in [1.807, 2.05) is 32.2 Å². The van der Waals surface area contributed by atoms with Crippen molar-refractivity contribution in [1.29, 1.82) is 0 Å². The largest absolute Gasteiger partial charge is 0.352 e. The number of likely N-dealkylation sites (tertiary alicyclic amines) is 1. The molecule has 2 N–H and O–H groups in total. The van der Waals surface area contributed by atoms with Crippen LogP contribution >= 0.6 is 0 Å². The van der Waals surface area contributed by atoms with Gasteiger partial charge in [0.05, 0.1) is 0 Å². The van der Waals surface area contributed by atoms with E-state index in [1.165, 1.54) is 32.1 Å². The lowest BCUT2D eigenvalue weighted by molar-refractivity contribution is -0.116. The maximum atomic E-state index is 11.8. The molecule has 0 aromatic heterocycles. The Balaban J connectivity index is 1.55. The second-order valence-corrected chi connectivity index (χ2v) is 7.78. The molecule has 2 aliphatic rings. The number of hydrogen-bond acceptors (Lipinski definition) is 2. The lowest BCUT2D eigenvalue weighted by Crippen LogP contribution is -2.40. The first-order valence-corrected chi connectivity index (χ1v) is 9.98. The number of amides is 1. The number of aliphatic imine (C=N–C) groups is 1. The van der Waals surface area contributed by atoms with Crippen molar-refractivity contribution in [2.45, 2.75) is 58.4 Å². The highest BCUT2D eigenvalue weighted by Crippen LogP contribution is 2.45. The first-order chi connectivity index (χ1) is 12.6. The molecule has 0 atom stereocenters. The van der Waals surface area contributed by atoms with Crippen LogP contribution in [0.15, 0.2) is 29.3 Å². The van der Waals surface area contributed by atoms with Crippen LogP contribution in [0.2, 0.25) is 0 Å². The molecular weight excluding hydrogens is 324 g/mol. The van der Waals surface area contributed by atoms with E-state index in [0.717, 1.165) is 36.7 Å². The normalized spacial score (nSPS) is 19.2. The van der Waals surface area contributed by atoms with Crippen LogP contribution in [0.1, 0.15) is 57.4 Å². The molecule has 1 aliphatic heterocycles. The summed E-state index contributed by atoms with van der Waals surface area (Å²) in [6.07, 6.45) is 8.24. The standard InChI is InChI=1S/C21H32N4O/c1-3-7-19(26)24-18-9-6-8-17(14-18)15-23-20(22-2)25-13-12-21(16-25)10-4-5-11-21/h6,8-9,14H,3-5,7,10-13,15-16H2,1-2H3,(H,22,23)(H,24,26). The van der Waals surface area contributed by atoms with Crippen LogP contribution in [-0.2, 0) is 11.3 Å². The summed E-state index contributed by atoms with van der Waals surface area (Å²) in [6.45, 7) is 4.97. The first kappa shape index (κ1) is 18.7. The summed E-state index contributed by atoms with van der Waals surface area (Å²) >= 11 is 0. The van der Waals surface area contributed by atoms with E-state index in [4.69, 9.17) is 0 Å². The van der Waals surface area contributed by atoms with Crippen molar-refractivity contribution in [3.05, 3.63) is 29.8 Å². The predicted octanol–water partition coefficient (Wildman–Crippen LogP) is 3.77. The summed E-state index contributed by atoms with van der Waals surface area (Å²) in [4.78, 5) is 18.7. The molecule has 0 unspecified atom stereocenters. The Morgan fingerprint density at radius 1 is 1.27 bits per heavy atom. The maximum Gasteiger partial charge on any atom is 0.224 e. The molecule has 1 saturated carbocycles. The molecule has 26 heavy (non-hydrogen) atoms. The quantitative estimate of drug-likeness (QED) is 0.624. The van der Waals surface area contributed by atoms with Gasteiger partial charge in [-0.25, -0.2) is 0 Å². The number of carbonyl (C=O) groups is 1. The Kier molecular flexibility index (Phi) is 6.17. The van der Waals surface area contributed by atoms with Crippen LogP contribution in [-0.4, -0.2) is 36.9 Å². The molecule has 1 aliphatic carbocycles. The van der Waals surface area contributed by atoms with Gasteiger partial charge in [-0.05, 0) is 48.8 Å². The minimum absolute atomic E-state index is 0.0762. The van der Waals surface area contributed by atoms with Crippen molar-refractivity contribution >= 4 is 17.6 Å². The fraction of sp³-hybridized carbons (Fsp3) is 0.619. The Morgan fingerprint density at radius 3 is 2.81 bits per heavy atom. The zero-order chi connectivity index (χ0) is 18.4. The molecule has 1 amide bonds. The van der Waals surface area contributed by atoms with E-state index in [1.54, 1.807) is 0 Å². The van der Waals surface area contributed by atoms with Crippen molar-refractivity contribution < 1.29 is 4.79 Å². The second-order valence-electron chi connectivity index (χ2n) is 7.78. The van der Waals surface area contributed by atoms with Gasteiger partial charge in [-0.3, -0.25) is 9.79 Å². The summed E-state index contributed by atoms with van der Waals surface area (Å²) in [6, 6.07) is 8.05. The topological polar surface area (TPSA) is 56.7 Å². The molecule has 1 aromatic rings. The number of nitrogens with zero attached hydrogens (tertiary/aromatic N) is 2. The average Bonchev–Trinajstić information content (AvgIpc) is 3.26. The van der Waals surface area contributed by atoms with Crippen LogP contribution in [0.5, 0.6) is 0 Å². The van der Waals surface area contributed by atoms with Gasteiger partial charge in [-0.2, -0.15) is 0 Å². The third-order valence-electron chi connectivity index (χ3n) is 5.75. The lowest BCUT2D eigenvalue weighted by Gasteiger charge is -2.26. The molecule has 5 nitrogen and oxygen atoms in total. The van der Waals surface area contributed by atoms with E-state index in [-0.39, 0.29) is 5.91 Å². The molecule has 3 rings (SSSR count). The van der Waals surface area contributed by atoms with E-state index in [9.17, 15) is 4.79 Å². The summed E-state index contributed by atoms with van der Waals surface area (Å²) < 4.78 is 0. The number of anilines is 1. The van der Waals surface area contributed by atoms with Crippen molar-refractivity contribution in [2.75, 3.05) is 25.5 Å². The highest BCUT2D eigenvalue weighted by molar-refractivity contribution is 5.90. The predicted molar refractivity (Wildman–Crippen MR) is 107 cm³/mol. The Labute approximate surface area is 157 Å². The minimum Gasteiger partial charge on any atom is -0.352 e. The van der Waals surface area contributed by atoms with Gasteiger partial charge in [0.15, 0.2) is 5.96 Å². The molecule has 1 heterocycles. The fourth-order valence-electron chi connectivity index (χ4n) is 4.37. The Morgan fingerprint density at radius 2 is 2.08 bits per heavy atom. The summed E-state index contributed by atoms with van der Waals surface area (Å²) in [5.74, 6) is 1.07. The third kappa shape index (κ3) is 4.57. The number of carbonyl (C=O) groups excluding carboxylic acids is 1. The van der Waals surface area contributed by atoms with Crippen LogP contribution in [0.3, 0.4) is 0 Å². The van der Waals surface area contributed by atoms with Crippen molar-refractivity contribution in [3.63, 3.8) is 0 Å². The van der Waals surface area contributed by atoms with Crippen LogP contribution in [0, 0.1) is 5.41 Å². The van der Waals surface area contributed by atoms with Gasteiger partial charge >= 0.3 is 0 Å². The van der Waals surface area contributed by atoms with Crippen molar-refractivity contribution in [2.24, 2.45) is 10.4 Å². The smallest absolute Gasteiger partial charge is 0.224 e. The van der Waals surface area contributed by atoms with E-state index >= 15 is 0 Å². The first-order valence-electron chi connectivity index (χ1n) is 9.98. The van der Waals surface area contributed by atoms with Gasteiger partial charge in [0, 0.05) is 38.8 Å². The fourth-order valence-corrected chi connectivity index (χ4v) is 4.37. The number of guanidine groups is 1. The highest BCUT2D eigenvalue weighted by atomic mass is 16.1. The van der Waals surface area contributed by atoms with Crippen molar-refractivity contribution in [3.8, 4) is 0 Å². The van der Waals surface area contributed by atoms with Gasteiger partial charge in [0.1, 0.15) is 0 Å². The number of benzene rings is 1. The Hall–Kier alpha value is -2.04. The molecule has 1 aromatic carbocycles. The second kappa shape index (κ2) is 8.56. The maximum absolute atomic E-state index is 11.8. The summed E-state index contributed by atoms with van der Waals surface area (Å²) in [5, 5.41) is 6.47. The molecule has 0 radical (unpaired) electrons. The third-order valence-corrected chi connectivity index (χ3v) is 5.75. The Bertz CT molecular complexity index is 649. The van der Waals surface area contributed by atoms with Gasteiger partial charge < -0.3 is 15.5 Å². The van der Waals surface area contributed by atoms with E-state index in [2.05, 4.69) is 26.6 Å². The number of rotatable bonds is 5. The molecule has 5 heteroatoms. The van der Waals surface area contributed by atoms with Crippen LogP contribution in [0.25, 0.3) is 0 Å². The van der Waals surface area contributed by atoms with Gasteiger partial charge in [0.2, 0.25) is 5.91 Å². The van der Waals surface area contributed by atoms with Gasteiger partial charge in [-0.15, -0.1) is 0 Å². The number of nitrogens with one attached hydrogen (secondary N) is 2. The lowest BCUT2D eigenvalue weighted by atomic mass is 9.86. The molecule has 1 spiro atoms. The molecule has 1 saturated heterocycles. The zero-order valence-corrected chi connectivity index (χ0v) is 16.2. The summed E-state index contributed by atoms with van der Waals surface area (Å²) in [5.41, 5.74) is 2.56. The molecular formula is C21H32N4O. The SMILES string of the molecule is CCCC(=O)Nc1cccc(CNC(=NC)N2CCC3(CCCC3)C2)c1. The highest BCUT2D eigenvalue weighted by Gasteiger charge is 2.41. The van der Waals surface area contributed by atoms with Gasteiger partial charge in [-0.1, -0.05) is 31.9 Å². The van der Waals surface area contributed by atoms with Gasteiger partial charge in [0.25, 0.3) is 0 Å². The minimum atomic E-state index is 0.0762. The van der Waals surface area contributed by atoms with E-state index < -0.39 is 0 Å². The summed E-state index contributed by atoms with van der Waals surface area (Å²) in [7, 11) is 1.86. The number of hydrogen-bond donors (Lipinski definition) is 2. The molecule has 2 fully saturated rings. The van der Waals surface area contributed by atoms with E-state index in [0.29, 0.717) is 18.4 Å².